The van der Waals surface area contributed by atoms with Crippen molar-refractivity contribution in [3.05, 3.63) is 65.2 Å². The minimum Gasteiger partial charge on any atom is -0.323 e. The van der Waals surface area contributed by atoms with E-state index in [1.165, 1.54) is 4.68 Å². The van der Waals surface area contributed by atoms with E-state index in [9.17, 15) is 9.59 Å². The SMILES string of the molecule is O=C(Cn1nc2n(c1=O)CCCCC2)Nc1ccc(-n2cnc3ccccc32)nc1. The molecule has 3 aromatic heterocycles. The van der Waals surface area contributed by atoms with Crippen LogP contribution in [-0.2, 0) is 24.3 Å². The highest BCUT2D eigenvalue weighted by atomic mass is 16.2. The van der Waals surface area contributed by atoms with Crippen LogP contribution in [0.1, 0.15) is 25.1 Å². The molecule has 1 aliphatic rings. The predicted molar refractivity (Wildman–Crippen MR) is 112 cm³/mol. The van der Waals surface area contributed by atoms with Gasteiger partial charge in [-0.25, -0.2) is 19.4 Å². The van der Waals surface area contributed by atoms with Crippen molar-refractivity contribution in [1.29, 1.82) is 0 Å². The molecule has 0 aliphatic carbocycles. The molecule has 1 aliphatic heterocycles. The average molecular weight is 403 g/mol. The molecule has 0 fully saturated rings. The summed E-state index contributed by atoms with van der Waals surface area (Å²) in [6.07, 6.45) is 7.18. The molecule has 152 valence electrons. The number of hydrogen-bond acceptors (Lipinski definition) is 5. The van der Waals surface area contributed by atoms with Gasteiger partial charge in [-0.1, -0.05) is 18.6 Å². The van der Waals surface area contributed by atoms with Crippen LogP contribution >= 0.6 is 0 Å². The fourth-order valence-corrected chi connectivity index (χ4v) is 3.81. The zero-order valence-electron chi connectivity index (χ0n) is 16.4. The highest BCUT2D eigenvalue weighted by Gasteiger charge is 2.17. The van der Waals surface area contributed by atoms with E-state index >= 15 is 0 Å². The standard InChI is InChI=1S/C21H21N7O2/c29-20(13-28-21(30)26-11-5-1-2-8-19(26)25-28)24-15-9-10-18(22-12-15)27-14-23-16-6-3-4-7-17(16)27/h3-4,6-7,9-10,12,14H,1-2,5,8,11,13H2,(H,24,29). The van der Waals surface area contributed by atoms with Gasteiger partial charge in [0.25, 0.3) is 0 Å². The average Bonchev–Trinajstić information content (AvgIpc) is 3.21. The van der Waals surface area contributed by atoms with E-state index in [0.717, 1.165) is 42.5 Å². The number of nitrogens with one attached hydrogen (secondary N) is 1. The monoisotopic (exact) mass is 403 g/mol. The minimum absolute atomic E-state index is 0.118. The number of para-hydroxylation sites is 2. The van der Waals surface area contributed by atoms with Crippen molar-refractivity contribution >= 4 is 22.6 Å². The van der Waals surface area contributed by atoms with E-state index in [-0.39, 0.29) is 18.1 Å². The number of carbonyl (C=O) groups excluding carboxylic acids is 1. The summed E-state index contributed by atoms with van der Waals surface area (Å²) in [4.78, 5) is 33.7. The number of benzene rings is 1. The van der Waals surface area contributed by atoms with Gasteiger partial charge in [-0.05, 0) is 37.1 Å². The summed E-state index contributed by atoms with van der Waals surface area (Å²) in [6.45, 7) is 0.552. The first-order valence-corrected chi connectivity index (χ1v) is 10.0. The summed E-state index contributed by atoms with van der Waals surface area (Å²) < 4.78 is 4.82. The molecule has 9 heteroatoms. The molecule has 4 aromatic rings. The Morgan fingerprint density at radius 3 is 2.83 bits per heavy atom. The van der Waals surface area contributed by atoms with Crippen molar-refractivity contribution in [3.63, 3.8) is 0 Å². The Morgan fingerprint density at radius 2 is 1.97 bits per heavy atom. The smallest absolute Gasteiger partial charge is 0.323 e. The predicted octanol–water partition coefficient (Wildman–Crippen LogP) is 2.14. The molecule has 30 heavy (non-hydrogen) atoms. The molecular formula is C21H21N7O2. The second kappa shape index (κ2) is 7.58. The third-order valence-electron chi connectivity index (χ3n) is 5.31. The Bertz CT molecular complexity index is 1270. The van der Waals surface area contributed by atoms with E-state index in [2.05, 4.69) is 20.4 Å². The van der Waals surface area contributed by atoms with E-state index in [4.69, 9.17) is 0 Å². The number of hydrogen-bond donors (Lipinski definition) is 1. The molecule has 0 saturated carbocycles. The summed E-state index contributed by atoms with van der Waals surface area (Å²) >= 11 is 0. The number of pyridine rings is 1. The van der Waals surface area contributed by atoms with E-state index in [0.29, 0.717) is 18.1 Å². The van der Waals surface area contributed by atoms with Gasteiger partial charge in [0.2, 0.25) is 5.91 Å². The number of anilines is 1. The molecule has 0 unspecified atom stereocenters. The Kier molecular flexibility index (Phi) is 4.62. The number of fused-ring (bicyclic) bond motifs is 2. The lowest BCUT2D eigenvalue weighted by Gasteiger charge is -2.07. The Labute approximate surface area is 172 Å². The first-order valence-electron chi connectivity index (χ1n) is 10.0. The number of aryl methyl sites for hydroxylation is 1. The zero-order chi connectivity index (χ0) is 20.5. The summed E-state index contributed by atoms with van der Waals surface area (Å²) in [7, 11) is 0. The number of aromatic nitrogens is 6. The second-order valence-corrected chi connectivity index (χ2v) is 7.38. The van der Waals surface area contributed by atoms with Crippen LogP contribution in [0, 0.1) is 0 Å². The molecule has 0 atom stereocenters. The van der Waals surface area contributed by atoms with Gasteiger partial charge in [0.15, 0.2) is 0 Å². The maximum atomic E-state index is 12.5. The molecular weight excluding hydrogens is 382 g/mol. The maximum Gasteiger partial charge on any atom is 0.346 e. The fourth-order valence-electron chi connectivity index (χ4n) is 3.81. The van der Waals surface area contributed by atoms with E-state index in [1.54, 1.807) is 23.2 Å². The van der Waals surface area contributed by atoms with Crippen LogP contribution in [0.15, 0.2) is 53.7 Å². The van der Waals surface area contributed by atoms with Crippen LogP contribution < -0.4 is 11.0 Å². The number of carbonyl (C=O) groups is 1. The molecule has 0 bridgehead atoms. The quantitative estimate of drug-likeness (QED) is 0.563. The molecule has 0 spiro atoms. The van der Waals surface area contributed by atoms with Crippen molar-refractivity contribution < 1.29 is 4.79 Å². The van der Waals surface area contributed by atoms with E-state index in [1.807, 2.05) is 34.9 Å². The molecule has 9 nitrogen and oxygen atoms in total. The van der Waals surface area contributed by atoms with Gasteiger partial charge >= 0.3 is 5.69 Å². The van der Waals surface area contributed by atoms with Crippen LogP contribution in [0.5, 0.6) is 0 Å². The van der Waals surface area contributed by atoms with Crippen molar-refractivity contribution in [2.24, 2.45) is 0 Å². The van der Waals surface area contributed by atoms with Crippen LogP contribution in [0.3, 0.4) is 0 Å². The second-order valence-electron chi connectivity index (χ2n) is 7.38. The summed E-state index contributed by atoms with van der Waals surface area (Å²) in [5, 5.41) is 7.13. The first-order chi connectivity index (χ1) is 14.7. The van der Waals surface area contributed by atoms with Gasteiger partial charge in [0.1, 0.15) is 24.5 Å². The van der Waals surface area contributed by atoms with Crippen LogP contribution in [-0.4, -0.2) is 34.8 Å². The number of rotatable bonds is 4. The maximum absolute atomic E-state index is 12.5. The topological polar surface area (TPSA) is 99.6 Å². The van der Waals surface area contributed by atoms with Gasteiger partial charge in [-0.2, -0.15) is 5.10 Å². The van der Waals surface area contributed by atoms with Gasteiger partial charge in [-0.15, -0.1) is 0 Å². The van der Waals surface area contributed by atoms with Crippen molar-refractivity contribution in [2.75, 3.05) is 5.32 Å². The van der Waals surface area contributed by atoms with Gasteiger partial charge < -0.3 is 5.32 Å². The largest absolute Gasteiger partial charge is 0.346 e. The summed E-state index contributed by atoms with van der Waals surface area (Å²) in [5.41, 5.74) is 2.19. The lowest BCUT2D eigenvalue weighted by molar-refractivity contribution is -0.117. The molecule has 1 N–H and O–H groups in total. The van der Waals surface area contributed by atoms with Crippen molar-refractivity contribution in [1.82, 2.24) is 28.9 Å². The van der Waals surface area contributed by atoms with Gasteiger partial charge in [-0.3, -0.25) is 13.9 Å². The van der Waals surface area contributed by atoms with Crippen LogP contribution in [0.4, 0.5) is 5.69 Å². The molecule has 0 saturated heterocycles. The normalized spacial score (nSPS) is 13.7. The van der Waals surface area contributed by atoms with Crippen LogP contribution in [0.2, 0.25) is 0 Å². The fraction of sp³-hybridized carbons (Fsp3) is 0.286. The molecule has 4 heterocycles. The minimum atomic E-state index is -0.312. The third-order valence-corrected chi connectivity index (χ3v) is 5.31. The number of nitrogens with zero attached hydrogens (tertiary/aromatic N) is 6. The lowest BCUT2D eigenvalue weighted by Crippen LogP contribution is -2.30. The van der Waals surface area contributed by atoms with Crippen molar-refractivity contribution in [3.8, 4) is 5.82 Å². The van der Waals surface area contributed by atoms with Crippen molar-refractivity contribution in [2.45, 2.75) is 38.8 Å². The highest BCUT2D eigenvalue weighted by Crippen LogP contribution is 2.17. The van der Waals surface area contributed by atoms with Gasteiger partial charge in [0.05, 0.1) is 22.9 Å². The molecule has 5 rings (SSSR count). The van der Waals surface area contributed by atoms with E-state index < -0.39 is 0 Å². The summed E-state index contributed by atoms with van der Waals surface area (Å²) in [5.74, 6) is 1.16. The molecule has 1 aromatic carbocycles. The first kappa shape index (κ1) is 18.3. The Morgan fingerprint density at radius 1 is 1.07 bits per heavy atom. The highest BCUT2D eigenvalue weighted by molar-refractivity contribution is 5.90. The Hall–Kier alpha value is -3.75. The molecule has 1 amide bonds. The van der Waals surface area contributed by atoms with Crippen LogP contribution in [0.25, 0.3) is 16.9 Å². The zero-order valence-corrected chi connectivity index (χ0v) is 16.4. The Balaban J connectivity index is 1.30. The molecule has 0 radical (unpaired) electrons. The third kappa shape index (κ3) is 3.38. The lowest BCUT2D eigenvalue weighted by atomic mass is 10.2. The number of imidazole rings is 1. The van der Waals surface area contributed by atoms with Gasteiger partial charge in [0, 0.05) is 13.0 Å². The summed E-state index contributed by atoms with van der Waals surface area (Å²) in [6, 6.07) is 11.4. The number of amides is 1.